The number of rotatable bonds is 7. The quantitative estimate of drug-likeness (QED) is 0.270. The largest absolute Gasteiger partial charge is 0.488 e. The molecule has 3 aromatic carbocycles. The van der Waals surface area contributed by atoms with Crippen LogP contribution in [0, 0.1) is 0 Å². The van der Waals surface area contributed by atoms with Crippen LogP contribution < -0.4 is 29.1 Å². The van der Waals surface area contributed by atoms with E-state index < -0.39 is 12.0 Å². The highest BCUT2D eigenvalue weighted by Crippen LogP contribution is 2.38. The first-order chi connectivity index (χ1) is 19.9. The molecule has 0 saturated carbocycles. The monoisotopic (exact) mass is 632 g/mol. The van der Waals surface area contributed by atoms with E-state index in [4.69, 9.17) is 18.9 Å². The van der Waals surface area contributed by atoms with Crippen LogP contribution in [0.2, 0.25) is 0 Å². The average molecular weight is 634 g/mol. The van der Waals surface area contributed by atoms with Gasteiger partial charge in [0.15, 0.2) is 16.3 Å². The van der Waals surface area contributed by atoms with Crippen molar-refractivity contribution < 1.29 is 23.7 Å². The van der Waals surface area contributed by atoms with Crippen molar-refractivity contribution in [2.75, 3.05) is 13.4 Å². The van der Waals surface area contributed by atoms with E-state index >= 15 is 0 Å². The molecule has 0 bridgehead atoms. The van der Waals surface area contributed by atoms with Crippen molar-refractivity contribution in [1.29, 1.82) is 0 Å². The van der Waals surface area contributed by atoms with Crippen molar-refractivity contribution in [3.63, 3.8) is 0 Å². The second-order valence-corrected chi connectivity index (χ2v) is 11.2. The Bertz CT molecular complexity index is 1860. The van der Waals surface area contributed by atoms with Crippen LogP contribution in [0.15, 0.2) is 92.3 Å². The van der Waals surface area contributed by atoms with Gasteiger partial charge >= 0.3 is 5.97 Å². The smallest absolute Gasteiger partial charge is 0.338 e. The maximum Gasteiger partial charge on any atom is 0.338 e. The Morgan fingerprint density at radius 3 is 2.71 bits per heavy atom. The maximum absolute atomic E-state index is 13.9. The van der Waals surface area contributed by atoms with Crippen LogP contribution in [0.4, 0.5) is 0 Å². The van der Waals surface area contributed by atoms with Crippen molar-refractivity contribution >= 4 is 39.3 Å². The van der Waals surface area contributed by atoms with Gasteiger partial charge in [0.2, 0.25) is 6.79 Å². The molecule has 2 aliphatic heterocycles. The molecule has 2 aliphatic rings. The number of aromatic nitrogens is 1. The molecule has 1 aromatic heterocycles. The molecular formula is C31H25BrN2O6S. The Morgan fingerprint density at radius 2 is 1.93 bits per heavy atom. The van der Waals surface area contributed by atoms with E-state index in [1.165, 1.54) is 11.3 Å². The fraction of sp³-hybridized carbons (Fsp3) is 0.194. The highest BCUT2D eigenvalue weighted by molar-refractivity contribution is 9.10. The van der Waals surface area contributed by atoms with Crippen LogP contribution >= 0.6 is 27.3 Å². The summed E-state index contributed by atoms with van der Waals surface area (Å²) in [5, 5.41) is 0. The third kappa shape index (κ3) is 5.32. The molecule has 3 heterocycles. The lowest BCUT2D eigenvalue weighted by Gasteiger charge is -2.24. The molecule has 4 aromatic rings. The van der Waals surface area contributed by atoms with E-state index in [0.29, 0.717) is 50.0 Å². The van der Waals surface area contributed by atoms with E-state index in [9.17, 15) is 9.59 Å². The van der Waals surface area contributed by atoms with Gasteiger partial charge in [-0.3, -0.25) is 9.36 Å². The number of hydrogen-bond donors (Lipinski definition) is 0. The summed E-state index contributed by atoms with van der Waals surface area (Å²) < 4.78 is 25.2. The molecule has 0 unspecified atom stereocenters. The summed E-state index contributed by atoms with van der Waals surface area (Å²) in [6.45, 7) is 4.27. The van der Waals surface area contributed by atoms with Gasteiger partial charge in [-0.15, -0.1) is 0 Å². The molecule has 0 saturated heterocycles. The van der Waals surface area contributed by atoms with Crippen molar-refractivity contribution in [2.24, 2.45) is 4.99 Å². The molecule has 41 heavy (non-hydrogen) atoms. The number of carbonyl (C=O) groups excluding carboxylic acids is 1. The second-order valence-electron chi connectivity index (χ2n) is 9.38. The zero-order valence-electron chi connectivity index (χ0n) is 22.3. The number of nitrogens with zero attached hydrogens (tertiary/aromatic N) is 2. The minimum absolute atomic E-state index is 0.118. The van der Waals surface area contributed by atoms with Crippen LogP contribution in [0.3, 0.4) is 0 Å². The molecule has 0 aliphatic carbocycles. The SMILES string of the molecule is CCOC(=O)C1=C(C)N=c2s/c(=C\c3ccc(OCc4ccccc4)c(Br)c3)c(=O)n2[C@H]1c1ccc2c(c1)OCO2. The summed E-state index contributed by atoms with van der Waals surface area (Å²) in [4.78, 5) is 32.2. The number of esters is 1. The van der Waals surface area contributed by atoms with Crippen LogP contribution in [-0.2, 0) is 16.1 Å². The fourth-order valence-corrected chi connectivity index (χ4v) is 6.36. The molecule has 208 valence electrons. The molecule has 0 radical (unpaired) electrons. The minimum atomic E-state index is -0.734. The first kappa shape index (κ1) is 27.0. The van der Waals surface area contributed by atoms with E-state index in [-0.39, 0.29) is 19.0 Å². The standard InChI is InChI=1S/C31H25BrN2O6S/c1-3-37-30(36)27-18(2)33-31-34(28(27)21-10-12-24-25(15-21)40-17-39-24)29(35)26(41-31)14-20-9-11-23(22(32)13-20)38-16-19-7-5-4-6-8-19/h4-15,28H,3,16-17H2,1-2H3/b26-14-/t28-/m0/s1. The van der Waals surface area contributed by atoms with Gasteiger partial charge < -0.3 is 18.9 Å². The lowest BCUT2D eigenvalue weighted by Crippen LogP contribution is -2.39. The highest BCUT2D eigenvalue weighted by Gasteiger charge is 2.34. The molecule has 0 N–H and O–H groups in total. The van der Waals surface area contributed by atoms with E-state index in [1.807, 2.05) is 60.7 Å². The molecule has 0 spiro atoms. The Kier molecular flexibility index (Phi) is 7.51. The van der Waals surface area contributed by atoms with Gasteiger partial charge in [0.1, 0.15) is 12.4 Å². The Hall–Kier alpha value is -4.15. The summed E-state index contributed by atoms with van der Waals surface area (Å²) in [6.07, 6.45) is 1.82. The topological polar surface area (TPSA) is 88.4 Å². The lowest BCUT2D eigenvalue weighted by molar-refractivity contribution is -0.139. The van der Waals surface area contributed by atoms with E-state index in [1.54, 1.807) is 30.5 Å². The molecule has 10 heteroatoms. The van der Waals surface area contributed by atoms with Gasteiger partial charge in [-0.2, -0.15) is 0 Å². The number of ether oxygens (including phenoxy) is 4. The molecule has 8 nitrogen and oxygen atoms in total. The normalized spacial score (nSPS) is 15.9. The summed E-state index contributed by atoms with van der Waals surface area (Å²) in [6, 6.07) is 20.3. The summed E-state index contributed by atoms with van der Waals surface area (Å²) in [7, 11) is 0. The van der Waals surface area contributed by atoms with Crippen LogP contribution in [0.1, 0.15) is 36.6 Å². The number of hydrogen-bond acceptors (Lipinski definition) is 8. The predicted octanol–water partition coefficient (Wildman–Crippen LogP) is 4.87. The van der Waals surface area contributed by atoms with Gasteiger partial charge in [-0.25, -0.2) is 9.79 Å². The first-order valence-corrected chi connectivity index (χ1v) is 14.6. The Morgan fingerprint density at radius 1 is 1.12 bits per heavy atom. The van der Waals surface area contributed by atoms with Crippen molar-refractivity contribution in [3.05, 3.63) is 119 Å². The number of carbonyl (C=O) groups is 1. The zero-order valence-corrected chi connectivity index (χ0v) is 24.7. The number of halogens is 1. The van der Waals surface area contributed by atoms with Crippen molar-refractivity contribution in [3.8, 4) is 17.2 Å². The summed E-state index contributed by atoms with van der Waals surface area (Å²) in [5.41, 5.74) is 3.14. The number of fused-ring (bicyclic) bond motifs is 2. The van der Waals surface area contributed by atoms with Gasteiger partial charge in [-0.1, -0.05) is 53.8 Å². The third-order valence-corrected chi connectivity index (χ3v) is 8.32. The number of allylic oxidation sites excluding steroid dienone is 1. The van der Waals surface area contributed by atoms with Crippen LogP contribution in [0.5, 0.6) is 17.2 Å². The average Bonchev–Trinajstić information content (AvgIpc) is 3.56. The molecule has 0 fully saturated rings. The predicted molar refractivity (Wildman–Crippen MR) is 158 cm³/mol. The number of thiazole rings is 1. The lowest BCUT2D eigenvalue weighted by atomic mass is 9.95. The van der Waals surface area contributed by atoms with Crippen molar-refractivity contribution in [2.45, 2.75) is 26.5 Å². The van der Waals surface area contributed by atoms with Gasteiger partial charge in [0.25, 0.3) is 5.56 Å². The van der Waals surface area contributed by atoms with Crippen LogP contribution in [0.25, 0.3) is 6.08 Å². The zero-order chi connectivity index (χ0) is 28.5. The first-order valence-electron chi connectivity index (χ1n) is 13.0. The minimum Gasteiger partial charge on any atom is -0.488 e. The third-order valence-electron chi connectivity index (χ3n) is 6.72. The Balaban J connectivity index is 1.39. The molecule has 1 atom stereocenters. The molecule has 0 amide bonds. The highest BCUT2D eigenvalue weighted by atomic mass is 79.9. The fourth-order valence-electron chi connectivity index (χ4n) is 4.80. The van der Waals surface area contributed by atoms with E-state index in [0.717, 1.165) is 15.6 Å². The second kappa shape index (κ2) is 11.4. The number of benzene rings is 3. The molecular weight excluding hydrogens is 608 g/mol. The molecule has 6 rings (SSSR count). The van der Waals surface area contributed by atoms with Gasteiger partial charge in [-0.05, 0) is 76.8 Å². The summed E-state index contributed by atoms with van der Waals surface area (Å²) in [5.74, 6) is 1.36. The van der Waals surface area contributed by atoms with E-state index in [2.05, 4.69) is 20.9 Å². The maximum atomic E-state index is 13.9. The Labute approximate surface area is 247 Å². The van der Waals surface area contributed by atoms with Gasteiger partial charge in [0, 0.05) is 0 Å². The van der Waals surface area contributed by atoms with Crippen LogP contribution in [-0.4, -0.2) is 23.9 Å². The van der Waals surface area contributed by atoms with Gasteiger partial charge in [0.05, 0.1) is 32.9 Å². The summed E-state index contributed by atoms with van der Waals surface area (Å²) >= 11 is 4.87. The van der Waals surface area contributed by atoms with Crippen molar-refractivity contribution in [1.82, 2.24) is 4.57 Å².